The molecule has 4 nitrogen and oxygen atoms in total. The van der Waals surface area contributed by atoms with Gasteiger partial charge in [-0.2, -0.15) is 0 Å². The van der Waals surface area contributed by atoms with Gasteiger partial charge in [0.2, 0.25) is 0 Å². The Morgan fingerprint density at radius 1 is 1.47 bits per heavy atom. The number of aromatic nitrogens is 1. The normalized spacial score (nSPS) is 10.5. The summed E-state index contributed by atoms with van der Waals surface area (Å²) in [6.07, 6.45) is 1.84. The third-order valence-electron chi connectivity index (χ3n) is 2.64. The minimum atomic E-state index is -0.250. The van der Waals surface area contributed by atoms with Crippen molar-refractivity contribution < 1.29 is 9.90 Å². The van der Waals surface area contributed by atoms with Crippen molar-refractivity contribution in [1.29, 1.82) is 0 Å². The highest BCUT2D eigenvalue weighted by Crippen LogP contribution is 2.26. The highest BCUT2D eigenvalue weighted by molar-refractivity contribution is 9.10. The minimum Gasteiger partial charge on any atom is -0.508 e. The van der Waals surface area contributed by atoms with E-state index in [9.17, 15) is 9.90 Å². The Bertz CT molecular complexity index is 625. The van der Waals surface area contributed by atoms with Crippen LogP contribution in [0.3, 0.4) is 0 Å². The number of rotatable bonds is 3. The quantitative estimate of drug-likeness (QED) is 0.831. The van der Waals surface area contributed by atoms with Gasteiger partial charge in [-0.3, -0.25) is 4.79 Å². The number of phenolic OH excluding ortho intramolecular Hbond substituents is 1. The first-order chi connectivity index (χ1) is 9.01. The number of carbonyl (C=O) groups excluding carboxylic acids is 1. The molecule has 1 aromatic carbocycles. The maximum Gasteiger partial charge on any atom is 0.272 e. The fourth-order valence-electron chi connectivity index (χ4n) is 1.72. The van der Waals surface area contributed by atoms with Gasteiger partial charge in [-0.05, 0) is 41.1 Å². The number of aromatic hydroxyl groups is 1. The van der Waals surface area contributed by atoms with Crippen LogP contribution in [-0.4, -0.2) is 15.6 Å². The molecule has 0 unspecified atom stereocenters. The smallest absolute Gasteiger partial charge is 0.272 e. The molecule has 0 saturated carbocycles. The van der Waals surface area contributed by atoms with E-state index in [1.807, 2.05) is 17.7 Å². The van der Waals surface area contributed by atoms with Crippen molar-refractivity contribution in [2.75, 3.05) is 5.32 Å². The molecular weight excluding hydrogens is 332 g/mol. The molecule has 2 rings (SSSR count). The molecule has 6 heteroatoms. The van der Waals surface area contributed by atoms with Crippen molar-refractivity contribution in [3.05, 3.63) is 45.7 Å². The summed E-state index contributed by atoms with van der Waals surface area (Å²) in [5, 5.41) is 12.3. The Morgan fingerprint density at radius 2 is 2.21 bits per heavy atom. The number of hydrogen-bond acceptors (Lipinski definition) is 2. The van der Waals surface area contributed by atoms with E-state index in [0.29, 0.717) is 22.9 Å². The molecule has 0 bridgehead atoms. The number of anilines is 1. The number of phenols is 1. The Kier molecular flexibility index (Phi) is 4.17. The van der Waals surface area contributed by atoms with E-state index in [2.05, 4.69) is 21.2 Å². The Balaban J connectivity index is 2.25. The molecule has 2 aromatic rings. The van der Waals surface area contributed by atoms with E-state index in [1.54, 1.807) is 12.1 Å². The fraction of sp³-hybridized carbons (Fsp3) is 0.154. The Morgan fingerprint density at radius 3 is 2.84 bits per heavy atom. The van der Waals surface area contributed by atoms with E-state index in [1.165, 1.54) is 12.1 Å². The molecule has 0 radical (unpaired) electrons. The van der Waals surface area contributed by atoms with Crippen LogP contribution in [0.1, 0.15) is 17.4 Å². The standard InChI is InChI=1S/C13H12BrClN2O2/c1-2-17-7-8(14)5-12(17)13(19)16-11-4-3-9(18)6-10(11)15/h3-7,18H,2H2,1H3,(H,16,19). The van der Waals surface area contributed by atoms with Gasteiger partial charge >= 0.3 is 0 Å². The lowest BCUT2D eigenvalue weighted by Crippen LogP contribution is -2.16. The average Bonchev–Trinajstić information content (AvgIpc) is 2.74. The van der Waals surface area contributed by atoms with E-state index in [4.69, 9.17) is 11.6 Å². The van der Waals surface area contributed by atoms with Crippen molar-refractivity contribution in [1.82, 2.24) is 4.57 Å². The lowest BCUT2D eigenvalue weighted by Gasteiger charge is -2.09. The first-order valence-corrected chi connectivity index (χ1v) is 6.84. The van der Waals surface area contributed by atoms with Crippen LogP contribution in [-0.2, 0) is 6.54 Å². The molecule has 0 atom stereocenters. The van der Waals surface area contributed by atoms with Gasteiger partial charge in [0.25, 0.3) is 5.91 Å². The maximum atomic E-state index is 12.2. The molecule has 100 valence electrons. The first-order valence-electron chi connectivity index (χ1n) is 5.66. The molecule has 2 N–H and O–H groups in total. The summed E-state index contributed by atoms with van der Waals surface area (Å²) in [7, 11) is 0. The van der Waals surface area contributed by atoms with Gasteiger partial charge in [0, 0.05) is 23.3 Å². The second-order valence-electron chi connectivity index (χ2n) is 3.95. The van der Waals surface area contributed by atoms with Crippen LogP contribution in [0.15, 0.2) is 34.9 Å². The summed E-state index contributed by atoms with van der Waals surface area (Å²) >= 11 is 9.29. The van der Waals surface area contributed by atoms with Gasteiger partial charge in [0.1, 0.15) is 11.4 Å². The molecule has 19 heavy (non-hydrogen) atoms. The molecule has 0 aliphatic rings. The first kappa shape index (κ1) is 14.0. The molecule has 0 spiro atoms. The lowest BCUT2D eigenvalue weighted by atomic mass is 10.3. The number of nitrogens with one attached hydrogen (secondary N) is 1. The van der Waals surface area contributed by atoms with Gasteiger partial charge in [-0.25, -0.2) is 0 Å². The predicted octanol–water partition coefficient (Wildman–Crippen LogP) is 3.88. The number of halogens is 2. The zero-order chi connectivity index (χ0) is 14.0. The number of nitrogens with zero attached hydrogens (tertiary/aromatic N) is 1. The van der Waals surface area contributed by atoms with E-state index in [0.717, 1.165) is 4.47 Å². The molecule has 0 saturated heterocycles. The van der Waals surface area contributed by atoms with E-state index < -0.39 is 0 Å². The summed E-state index contributed by atoms with van der Waals surface area (Å²) in [5.41, 5.74) is 1.00. The molecular formula is C13H12BrClN2O2. The molecule has 0 fully saturated rings. The topological polar surface area (TPSA) is 54.3 Å². The Hall–Kier alpha value is -1.46. The Labute approximate surface area is 124 Å². The minimum absolute atomic E-state index is 0.0580. The second kappa shape index (κ2) is 5.67. The molecule has 1 heterocycles. The SMILES string of the molecule is CCn1cc(Br)cc1C(=O)Nc1ccc(O)cc1Cl. The van der Waals surface area contributed by atoms with Crippen molar-refractivity contribution in [2.45, 2.75) is 13.5 Å². The largest absolute Gasteiger partial charge is 0.508 e. The maximum absolute atomic E-state index is 12.2. The van der Waals surface area contributed by atoms with Crippen molar-refractivity contribution in [3.8, 4) is 5.75 Å². The summed E-state index contributed by atoms with van der Waals surface area (Å²) in [6, 6.07) is 6.15. The molecule has 0 aliphatic carbocycles. The summed E-state index contributed by atoms with van der Waals surface area (Å²) < 4.78 is 2.67. The van der Waals surface area contributed by atoms with Crippen LogP contribution in [0.25, 0.3) is 0 Å². The summed E-state index contributed by atoms with van der Waals surface area (Å²) in [6.45, 7) is 2.65. The molecule has 1 amide bonds. The van der Waals surface area contributed by atoms with Crippen LogP contribution in [0, 0.1) is 0 Å². The predicted molar refractivity (Wildman–Crippen MR) is 78.9 cm³/mol. The summed E-state index contributed by atoms with van der Waals surface area (Å²) in [4.78, 5) is 12.2. The summed E-state index contributed by atoms with van der Waals surface area (Å²) in [5.74, 6) is -0.192. The van der Waals surface area contributed by atoms with Crippen LogP contribution < -0.4 is 5.32 Å². The van der Waals surface area contributed by atoms with E-state index in [-0.39, 0.29) is 11.7 Å². The highest BCUT2D eigenvalue weighted by Gasteiger charge is 2.13. The molecule has 0 aliphatic heterocycles. The monoisotopic (exact) mass is 342 g/mol. The van der Waals surface area contributed by atoms with Gasteiger partial charge in [-0.15, -0.1) is 0 Å². The highest BCUT2D eigenvalue weighted by atomic mass is 79.9. The van der Waals surface area contributed by atoms with Crippen molar-refractivity contribution in [2.24, 2.45) is 0 Å². The number of benzene rings is 1. The fourth-order valence-corrected chi connectivity index (χ4v) is 2.40. The number of aryl methyl sites for hydroxylation is 1. The lowest BCUT2D eigenvalue weighted by molar-refractivity contribution is 0.101. The zero-order valence-corrected chi connectivity index (χ0v) is 12.5. The average molecular weight is 344 g/mol. The third-order valence-corrected chi connectivity index (χ3v) is 3.38. The zero-order valence-electron chi connectivity index (χ0n) is 10.2. The molecule has 1 aromatic heterocycles. The number of amides is 1. The van der Waals surface area contributed by atoms with Crippen molar-refractivity contribution in [3.63, 3.8) is 0 Å². The van der Waals surface area contributed by atoms with Crippen molar-refractivity contribution >= 4 is 39.1 Å². The van der Waals surface area contributed by atoms with Gasteiger partial charge in [0.05, 0.1) is 10.7 Å². The second-order valence-corrected chi connectivity index (χ2v) is 5.27. The van der Waals surface area contributed by atoms with Gasteiger partial charge < -0.3 is 15.0 Å². The van der Waals surface area contributed by atoms with Gasteiger partial charge in [-0.1, -0.05) is 11.6 Å². The van der Waals surface area contributed by atoms with E-state index >= 15 is 0 Å². The van der Waals surface area contributed by atoms with Crippen LogP contribution in [0.2, 0.25) is 5.02 Å². The van der Waals surface area contributed by atoms with Crippen LogP contribution in [0.4, 0.5) is 5.69 Å². The number of carbonyl (C=O) groups is 1. The van der Waals surface area contributed by atoms with Gasteiger partial charge in [0.15, 0.2) is 0 Å². The van der Waals surface area contributed by atoms with Crippen LogP contribution in [0.5, 0.6) is 5.75 Å². The number of hydrogen-bond donors (Lipinski definition) is 2. The van der Waals surface area contributed by atoms with Crippen LogP contribution >= 0.6 is 27.5 Å². The third kappa shape index (κ3) is 3.11.